The molecule has 4 nitrogen and oxygen atoms in total. The third-order valence-corrected chi connectivity index (χ3v) is 3.77. The van der Waals surface area contributed by atoms with Gasteiger partial charge >= 0.3 is 0 Å². The quantitative estimate of drug-likeness (QED) is 0.770. The zero-order chi connectivity index (χ0) is 18.2. The van der Waals surface area contributed by atoms with Gasteiger partial charge in [-0.1, -0.05) is 37.3 Å². The summed E-state index contributed by atoms with van der Waals surface area (Å²) in [5, 5.41) is 12.6. The molecule has 2 aromatic rings. The first-order valence-corrected chi connectivity index (χ1v) is 8.09. The van der Waals surface area contributed by atoms with E-state index in [1.54, 1.807) is 0 Å². The van der Waals surface area contributed by atoms with E-state index in [1.165, 1.54) is 6.07 Å². The molecular formula is C19H21F2NO3. The summed E-state index contributed by atoms with van der Waals surface area (Å²) in [6.45, 7) is 1.78. The van der Waals surface area contributed by atoms with E-state index in [0.29, 0.717) is 6.42 Å². The Morgan fingerprint density at radius 1 is 1.16 bits per heavy atom. The first kappa shape index (κ1) is 18.9. The van der Waals surface area contributed by atoms with Crippen LogP contribution in [-0.4, -0.2) is 30.3 Å². The van der Waals surface area contributed by atoms with Gasteiger partial charge in [-0.05, 0) is 24.1 Å². The Morgan fingerprint density at radius 3 is 2.52 bits per heavy atom. The molecule has 1 amide bonds. The van der Waals surface area contributed by atoms with E-state index in [0.717, 1.165) is 17.7 Å². The number of carbonyl (C=O) groups excluding carboxylic acids is 1. The van der Waals surface area contributed by atoms with Crippen LogP contribution in [0.1, 0.15) is 24.8 Å². The molecule has 0 saturated carbocycles. The van der Waals surface area contributed by atoms with Crippen LogP contribution in [0.15, 0.2) is 48.5 Å². The number of amides is 1. The van der Waals surface area contributed by atoms with Crippen LogP contribution in [0.5, 0.6) is 5.75 Å². The molecule has 2 rings (SSSR count). The minimum atomic E-state index is -1.02. The van der Waals surface area contributed by atoms with Gasteiger partial charge in [0.2, 0.25) is 5.91 Å². The van der Waals surface area contributed by atoms with Gasteiger partial charge in [-0.3, -0.25) is 4.79 Å². The van der Waals surface area contributed by atoms with Crippen LogP contribution in [0.4, 0.5) is 8.78 Å². The minimum Gasteiger partial charge on any atom is -0.491 e. The van der Waals surface area contributed by atoms with Gasteiger partial charge in [0, 0.05) is 12.6 Å². The van der Waals surface area contributed by atoms with Gasteiger partial charge in [-0.2, -0.15) is 0 Å². The number of ether oxygens (including phenoxy) is 1. The molecule has 2 N–H and O–H groups in total. The summed E-state index contributed by atoms with van der Waals surface area (Å²) < 4.78 is 31.1. The summed E-state index contributed by atoms with van der Waals surface area (Å²) >= 11 is 0. The maximum Gasteiger partial charge on any atom is 0.227 e. The zero-order valence-corrected chi connectivity index (χ0v) is 13.9. The number of rotatable bonds is 8. The van der Waals surface area contributed by atoms with Crippen molar-refractivity contribution < 1.29 is 23.4 Å². The lowest BCUT2D eigenvalue weighted by Gasteiger charge is -2.18. The van der Waals surface area contributed by atoms with Crippen LogP contribution < -0.4 is 10.1 Å². The van der Waals surface area contributed by atoms with Crippen LogP contribution in [0.25, 0.3) is 0 Å². The van der Waals surface area contributed by atoms with Crippen molar-refractivity contribution in [3.63, 3.8) is 0 Å². The van der Waals surface area contributed by atoms with Gasteiger partial charge in [0.1, 0.15) is 18.5 Å². The number of carbonyl (C=O) groups is 1. The molecular weight excluding hydrogens is 328 g/mol. The minimum absolute atomic E-state index is 0.00580. The molecule has 0 bridgehead atoms. The van der Waals surface area contributed by atoms with Gasteiger partial charge in [-0.25, -0.2) is 8.78 Å². The maximum absolute atomic E-state index is 13.1. The lowest BCUT2D eigenvalue weighted by molar-refractivity contribution is -0.123. The van der Waals surface area contributed by atoms with Crippen molar-refractivity contribution in [3.8, 4) is 5.75 Å². The lowest BCUT2D eigenvalue weighted by Crippen LogP contribution is -2.37. The van der Waals surface area contributed by atoms with Gasteiger partial charge in [0.05, 0.1) is 5.92 Å². The number of nitrogens with one attached hydrogen (secondary N) is 1. The van der Waals surface area contributed by atoms with E-state index in [9.17, 15) is 18.7 Å². The summed E-state index contributed by atoms with van der Waals surface area (Å²) in [7, 11) is 0. The van der Waals surface area contributed by atoms with Crippen LogP contribution in [0.2, 0.25) is 0 Å². The lowest BCUT2D eigenvalue weighted by atomic mass is 9.95. The Morgan fingerprint density at radius 2 is 1.88 bits per heavy atom. The Labute approximate surface area is 145 Å². The predicted octanol–water partition coefficient (Wildman–Crippen LogP) is 3.01. The number of hydrogen-bond acceptors (Lipinski definition) is 3. The second-order valence-corrected chi connectivity index (χ2v) is 5.66. The summed E-state index contributed by atoms with van der Waals surface area (Å²) in [4.78, 5) is 12.3. The smallest absolute Gasteiger partial charge is 0.227 e. The van der Waals surface area contributed by atoms with Crippen LogP contribution in [-0.2, 0) is 4.79 Å². The average molecular weight is 349 g/mol. The van der Waals surface area contributed by atoms with Gasteiger partial charge in [-0.15, -0.1) is 0 Å². The molecule has 0 aliphatic carbocycles. The number of hydrogen-bond donors (Lipinski definition) is 2. The molecule has 134 valence electrons. The normalized spacial score (nSPS) is 13.1. The van der Waals surface area contributed by atoms with Crippen LogP contribution in [0.3, 0.4) is 0 Å². The summed E-state index contributed by atoms with van der Waals surface area (Å²) in [6.07, 6.45) is -0.331. The second-order valence-electron chi connectivity index (χ2n) is 5.66. The Kier molecular flexibility index (Phi) is 6.89. The molecule has 2 aromatic carbocycles. The molecule has 0 saturated heterocycles. The SMILES string of the molecule is CCC(C(=O)NCC(O)COc1ccc(F)c(F)c1)c1ccccc1. The summed E-state index contributed by atoms with van der Waals surface area (Å²) in [5.41, 5.74) is 0.912. The van der Waals surface area contributed by atoms with Crippen molar-refractivity contribution in [2.24, 2.45) is 0 Å². The third-order valence-electron chi connectivity index (χ3n) is 3.77. The molecule has 6 heteroatoms. The Balaban J connectivity index is 1.81. The number of aliphatic hydroxyl groups excluding tert-OH is 1. The predicted molar refractivity (Wildman–Crippen MR) is 90.3 cm³/mol. The highest BCUT2D eigenvalue weighted by molar-refractivity contribution is 5.83. The van der Waals surface area contributed by atoms with E-state index in [4.69, 9.17) is 4.74 Å². The van der Waals surface area contributed by atoms with Crippen molar-refractivity contribution in [2.45, 2.75) is 25.4 Å². The fourth-order valence-electron chi connectivity index (χ4n) is 2.42. The fraction of sp³-hybridized carbons (Fsp3) is 0.316. The highest BCUT2D eigenvalue weighted by atomic mass is 19.2. The largest absolute Gasteiger partial charge is 0.491 e. The van der Waals surface area contributed by atoms with E-state index in [-0.39, 0.29) is 30.7 Å². The fourth-order valence-corrected chi connectivity index (χ4v) is 2.42. The van der Waals surface area contributed by atoms with Gasteiger partial charge in [0.15, 0.2) is 11.6 Å². The van der Waals surface area contributed by atoms with E-state index in [1.807, 2.05) is 37.3 Å². The van der Waals surface area contributed by atoms with Gasteiger partial charge in [0.25, 0.3) is 0 Å². The molecule has 0 aliphatic heterocycles. The van der Waals surface area contributed by atoms with Crippen molar-refractivity contribution in [1.29, 1.82) is 0 Å². The van der Waals surface area contributed by atoms with Crippen LogP contribution in [0, 0.1) is 11.6 Å². The van der Waals surface area contributed by atoms with Crippen molar-refractivity contribution in [2.75, 3.05) is 13.2 Å². The molecule has 0 radical (unpaired) electrons. The molecule has 0 fully saturated rings. The van der Waals surface area contributed by atoms with Crippen molar-refractivity contribution >= 4 is 5.91 Å². The third kappa shape index (κ3) is 5.53. The molecule has 0 aromatic heterocycles. The highest BCUT2D eigenvalue weighted by Gasteiger charge is 2.19. The van der Waals surface area contributed by atoms with Gasteiger partial charge < -0.3 is 15.2 Å². The molecule has 2 unspecified atom stereocenters. The van der Waals surface area contributed by atoms with E-state index < -0.39 is 17.7 Å². The van der Waals surface area contributed by atoms with Crippen molar-refractivity contribution in [3.05, 3.63) is 65.7 Å². The first-order chi connectivity index (χ1) is 12.0. The first-order valence-electron chi connectivity index (χ1n) is 8.09. The average Bonchev–Trinajstić information content (AvgIpc) is 2.62. The molecule has 2 atom stereocenters. The number of aliphatic hydroxyl groups is 1. The molecule has 0 aliphatic rings. The molecule has 0 spiro atoms. The Hall–Kier alpha value is -2.47. The second kappa shape index (κ2) is 9.13. The molecule has 0 heterocycles. The van der Waals surface area contributed by atoms with E-state index in [2.05, 4.69) is 5.32 Å². The maximum atomic E-state index is 13.1. The van der Waals surface area contributed by atoms with E-state index >= 15 is 0 Å². The Bertz CT molecular complexity index is 694. The number of benzene rings is 2. The summed E-state index contributed by atoms with van der Waals surface area (Å²) in [5.74, 6) is -2.35. The topological polar surface area (TPSA) is 58.6 Å². The molecule has 25 heavy (non-hydrogen) atoms. The standard InChI is InChI=1S/C19H21F2NO3/c1-2-16(13-6-4-3-5-7-13)19(24)22-11-14(23)12-25-15-8-9-17(20)18(21)10-15/h3-10,14,16,23H,2,11-12H2,1H3,(H,22,24). The summed E-state index contributed by atoms with van der Waals surface area (Å²) in [6, 6.07) is 12.5. The number of halogens is 2. The van der Waals surface area contributed by atoms with Crippen molar-refractivity contribution in [1.82, 2.24) is 5.32 Å². The zero-order valence-electron chi connectivity index (χ0n) is 13.9. The van der Waals surface area contributed by atoms with Crippen LogP contribution >= 0.6 is 0 Å². The highest BCUT2D eigenvalue weighted by Crippen LogP contribution is 2.19. The monoisotopic (exact) mass is 349 g/mol.